The Morgan fingerprint density at radius 3 is 2.48 bits per heavy atom. The van der Waals surface area contributed by atoms with Crippen LogP contribution in [0.3, 0.4) is 0 Å². The molecule has 0 spiro atoms. The topological polar surface area (TPSA) is 65.3 Å². The van der Waals surface area contributed by atoms with Crippen LogP contribution < -0.4 is 10.1 Å². The minimum atomic E-state index is -0.594. The minimum absolute atomic E-state index is 0.180. The van der Waals surface area contributed by atoms with E-state index in [1.54, 1.807) is 18.2 Å². The Morgan fingerprint density at radius 2 is 1.90 bits per heavy atom. The van der Waals surface area contributed by atoms with E-state index in [1.165, 1.54) is 0 Å². The van der Waals surface area contributed by atoms with Crippen molar-refractivity contribution in [1.82, 2.24) is 5.32 Å². The van der Waals surface area contributed by atoms with Gasteiger partial charge in [-0.15, -0.1) is 0 Å². The molecule has 1 atom stereocenters. The molecule has 1 fully saturated rings. The average Bonchev–Trinajstić information content (AvgIpc) is 2.84. The SMILES string of the molecule is CC1(C)C(NCC(O)COc2ccccc2C#N)C1(C)C. The highest BCUT2D eigenvalue weighted by Gasteiger charge is 2.64. The Labute approximate surface area is 126 Å². The predicted octanol–water partition coefficient (Wildman–Crippen LogP) is 2.32. The van der Waals surface area contributed by atoms with Crippen LogP contribution >= 0.6 is 0 Å². The summed E-state index contributed by atoms with van der Waals surface area (Å²) in [6.45, 7) is 9.60. The third-order valence-corrected chi connectivity index (χ3v) is 5.02. The van der Waals surface area contributed by atoms with Crippen LogP contribution in [0.25, 0.3) is 0 Å². The van der Waals surface area contributed by atoms with Crippen molar-refractivity contribution in [3.63, 3.8) is 0 Å². The molecule has 0 heterocycles. The van der Waals surface area contributed by atoms with E-state index in [0.29, 0.717) is 23.9 Å². The number of para-hydroxylation sites is 1. The summed E-state index contributed by atoms with van der Waals surface area (Å²) in [4.78, 5) is 0. The molecule has 0 radical (unpaired) electrons. The smallest absolute Gasteiger partial charge is 0.137 e. The summed E-state index contributed by atoms with van der Waals surface area (Å²) < 4.78 is 5.53. The van der Waals surface area contributed by atoms with Crippen molar-refractivity contribution < 1.29 is 9.84 Å². The van der Waals surface area contributed by atoms with Gasteiger partial charge in [-0.3, -0.25) is 0 Å². The monoisotopic (exact) mass is 288 g/mol. The van der Waals surface area contributed by atoms with E-state index in [2.05, 4.69) is 39.1 Å². The maximum atomic E-state index is 10.0. The van der Waals surface area contributed by atoms with E-state index >= 15 is 0 Å². The van der Waals surface area contributed by atoms with Gasteiger partial charge in [-0.2, -0.15) is 5.26 Å². The zero-order chi connectivity index (χ0) is 15.7. The molecule has 2 rings (SSSR count). The minimum Gasteiger partial charge on any atom is -0.489 e. The van der Waals surface area contributed by atoms with E-state index in [4.69, 9.17) is 10.00 Å². The molecule has 0 aliphatic heterocycles. The van der Waals surface area contributed by atoms with Crippen molar-refractivity contribution in [2.24, 2.45) is 10.8 Å². The normalized spacial score (nSPS) is 20.6. The predicted molar refractivity (Wildman–Crippen MR) is 82.0 cm³/mol. The van der Waals surface area contributed by atoms with Crippen molar-refractivity contribution in [3.8, 4) is 11.8 Å². The number of ether oxygens (including phenoxy) is 1. The molecule has 4 nitrogen and oxygen atoms in total. The Balaban J connectivity index is 1.79. The van der Waals surface area contributed by atoms with Gasteiger partial charge >= 0.3 is 0 Å². The van der Waals surface area contributed by atoms with E-state index in [-0.39, 0.29) is 17.4 Å². The molecule has 1 saturated carbocycles. The third kappa shape index (κ3) is 3.04. The van der Waals surface area contributed by atoms with Gasteiger partial charge < -0.3 is 15.2 Å². The van der Waals surface area contributed by atoms with Crippen LogP contribution in [0.5, 0.6) is 5.75 Å². The Morgan fingerprint density at radius 1 is 1.29 bits per heavy atom. The summed E-state index contributed by atoms with van der Waals surface area (Å²) in [7, 11) is 0. The number of hydrogen-bond acceptors (Lipinski definition) is 4. The van der Waals surface area contributed by atoms with Crippen molar-refractivity contribution in [1.29, 1.82) is 5.26 Å². The molecular weight excluding hydrogens is 264 g/mol. The van der Waals surface area contributed by atoms with Gasteiger partial charge in [0.2, 0.25) is 0 Å². The van der Waals surface area contributed by atoms with Crippen LogP contribution in [0.2, 0.25) is 0 Å². The number of rotatable bonds is 6. The highest BCUT2D eigenvalue weighted by molar-refractivity contribution is 5.42. The highest BCUT2D eigenvalue weighted by atomic mass is 16.5. The number of aliphatic hydroxyl groups is 1. The van der Waals surface area contributed by atoms with Gasteiger partial charge in [0.15, 0.2) is 0 Å². The van der Waals surface area contributed by atoms with Gasteiger partial charge in [-0.1, -0.05) is 39.8 Å². The molecule has 1 aliphatic carbocycles. The van der Waals surface area contributed by atoms with Gasteiger partial charge in [-0.05, 0) is 23.0 Å². The zero-order valence-corrected chi connectivity index (χ0v) is 13.2. The fraction of sp³-hybridized carbons (Fsp3) is 0.588. The van der Waals surface area contributed by atoms with Crippen molar-refractivity contribution in [2.45, 2.75) is 39.8 Å². The summed E-state index contributed by atoms with van der Waals surface area (Å²) in [6, 6.07) is 9.54. The molecule has 1 aromatic rings. The number of nitrogens with zero attached hydrogens (tertiary/aromatic N) is 1. The molecule has 0 saturated heterocycles. The fourth-order valence-corrected chi connectivity index (χ4v) is 2.89. The molecule has 114 valence electrons. The van der Waals surface area contributed by atoms with Crippen LogP contribution in [0.1, 0.15) is 33.3 Å². The third-order valence-electron chi connectivity index (χ3n) is 5.02. The number of aliphatic hydroxyl groups excluding tert-OH is 1. The Bertz CT molecular complexity index is 532. The Hall–Kier alpha value is -1.57. The molecule has 0 bridgehead atoms. The second-order valence-corrected chi connectivity index (χ2v) is 6.86. The van der Waals surface area contributed by atoms with Gasteiger partial charge in [-0.25, -0.2) is 0 Å². The number of benzene rings is 1. The molecule has 1 unspecified atom stereocenters. The molecule has 4 heteroatoms. The fourth-order valence-electron chi connectivity index (χ4n) is 2.89. The van der Waals surface area contributed by atoms with E-state index < -0.39 is 6.10 Å². The van der Waals surface area contributed by atoms with Crippen LogP contribution in [-0.4, -0.2) is 30.4 Å². The van der Waals surface area contributed by atoms with Gasteiger partial charge in [0, 0.05) is 12.6 Å². The second kappa shape index (κ2) is 5.67. The number of nitriles is 1. The summed E-state index contributed by atoms with van der Waals surface area (Å²) in [5, 5.41) is 22.4. The number of hydrogen-bond donors (Lipinski definition) is 2. The van der Waals surface area contributed by atoms with Crippen LogP contribution in [0.15, 0.2) is 24.3 Å². The first-order valence-electron chi connectivity index (χ1n) is 7.34. The van der Waals surface area contributed by atoms with Crippen LogP contribution in [0, 0.1) is 22.2 Å². The molecule has 2 N–H and O–H groups in total. The molecule has 21 heavy (non-hydrogen) atoms. The lowest BCUT2D eigenvalue weighted by molar-refractivity contribution is 0.105. The Kier molecular flexibility index (Phi) is 4.27. The van der Waals surface area contributed by atoms with Crippen molar-refractivity contribution in [3.05, 3.63) is 29.8 Å². The first kappa shape index (κ1) is 15.8. The number of nitrogens with one attached hydrogen (secondary N) is 1. The average molecular weight is 288 g/mol. The summed E-state index contributed by atoms with van der Waals surface area (Å²) in [6.07, 6.45) is -0.594. The van der Waals surface area contributed by atoms with Crippen LogP contribution in [-0.2, 0) is 0 Å². The lowest BCUT2D eigenvalue weighted by atomic mass is 10.0. The van der Waals surface area contributed by atoms with Gasteiger partial charge in [0.05, 0.1) is 5.56 Å². The maximum absolute atomic E-state index is 10.0. The standard InChI is InChI=1S/C17H24N2O2/c1-16(2)15(17(16,3)4)19-10-13(20)11-21-14-8-6-5-7-12(14)9-18/h5-8,13,15,19-20H,10-11H2,1-4H3. The lowest BCUT2D eigenvalue weighted by Crippen LogP contribution is -2.35. The lowest BCUT2D eigenvalue weighted by Gasteiger charge is -2.14. The summed E-state index contributed by atoms with van der Waals surface area (Å²) >= 11 is 0. The molecular formula is C17H24N2O2. The first-order chi connectivity index (χ1) is 9.80. The molecule has 1 aromatic carbocycles. The molecule has 0 amide bonds. The summed E-state index contributed by atoms with van der Waals surface area (Å²) in [5.41, 5.74) is 0.990. The van der Waals surface area contributed by atoms with Crippen molar-refractivity contribution in [2.75, 3.05) is 13.2 Å². The zero-order valence-electron chi connectivity index (χ0n) is 13.2. The van der Waals surface area contributed by atoms with E-state index in [9.17, 15) is 5.11 Å². The first-order valence-corrected chi connectivity index (χ1v) is 7.34. The largest absolute Gasteiger partial charge is 0.489 e. The van der Waals surface area contributed by atoms with Gasteiger partial charge in [0.25, 0.3) is 0 Å². The quantitative estimate of drug-likeness (QED) is 0.843. The van der Waals surface area contributed by atoms with Crippen molar-refractivity contribution >= 4 is 0 Å². The van der Waals surface area contributed by atoms with E-state index in [0.717, 1.165) is 0 Å². The second-order valence-electron chi connectivity index (χ2n) is 6.86. The summed E-state index contributed by atoms with van der Waals surface area (Å²) in [5.74, 6) is 0.520. The highest BCUT2D eigenvalue weighted by Crippen LogP contribution is 2.62. The van der Waals surface area contributed by atoms with Crippen LogP contribution in [0.4, 0.5) is 0 Å². The molecule has 1 aliphatic rings. The molecule has 0 aromatic heterocycles. The van der Waals surface area contributed by atoms with E-state index in [1.807, 2.05) is 6.07 Å². The van der Waals surface area contributed by atoms with Gasteiger partial charge in [0.1, 0.15) is 24.5 Å². The maximum Gasteiger partial charge on any atom is 0.137 e.